The van der Waals surface area contributed by atoms with E-state index in [0.29, 0.717) is 12.3 Å². The number of carbonyl (C=O) groups excluding carboxylic acids is 1. The molecule has 2 heteroatoms. The van der Waals surface area contributed by atoms with Crippen LogP contribution < -0.4 is 4.74 Å². The predicted molar refractivity (Wildman–Crippen MR) is 75.3 cm³/mol. The fourth-order valence-corrected chi connectivity index (χ4v) is 1.97. The largest absolute Gasteiger partial charge is 0.493 e. The third-order valence-corrected chi connectivity index (χ3v) is 3.09. The smallest absolute Gasteiger partial charge is 0.129 e. The number of carbonyl (C=O) groups is 1. The summed E-state index contributed by atoms with van der Waals surface area (Å²) in [4.78, 5) is 11.1. The average Bonchev–Trinajstić information content (AvgIpc) is 2.34. The lowest BCUT2D eigenvalue weighted by Gasteiger charge is -2.17. The van der Waals surface area contributed by atoms with Crippen molar-refractivity contribution < 1.29 is 9.53 Å². The Balaban J connectivity index is 2.82. The predicted octanol–water partition coefficient (Wildman–Crippen LogP) is 4.26. The van der Waals surface area contributed by atoms with Gasteiger partial charge in [0.25, 0.3) is 0 Å². The van der Waals surface area contributed by atoms with Crippen LogP contribution in [0.4, 0.5) is 0 Å². The molecule has 0 saturated heterocycles. The zero-order chi connectivity index (χ0) is 13.5. The van der Waals surface area contributed by atoms with E-state index < -0.39 is 0 Å². The van der Waals surface area contributed by atoms with E-state index in [9.17, 15) is 4.79 Å². The summed E-state index contributed by atoms with van der Waals surface area (Å²) in [7, 11) is 0. The number of Topliss-reactive ketones (excluding diaryl/α,β-unsaturated/α-hetero) is 1. The standard InChI is InChI=1S/C16H24O2/c1-5-10-18-16-9-6-12(2)11-15(16)13(3)7-8-14(4)17/h6,9,11,13H,5,7-8,10H2,1-4H3. The van der Waals surface area contributed by atoms with Crippen LogP contribution in [-0.4, -0.2) is 12.4 Å². The van der Waals surface area contributed by atoms with E-state index in [4.69, 9.17) is 4.74 Å². The van der Waals surface area contributed by atoms with E-state index in [1.165, 1.54) is 11.1 Å². The molecule has 0 fully saturated rings. The molecule has 1 rings (SSSR count). The van der Waals surface area contributed by atoms with Crippen molar-refractivity contribution in [2.45, 2.75) is 52.9 Å². The zero-order valence-corrected chi connectivity index (χ0v) is 12.0. The van der Waals surface area contributed by atoms with Crippen molar-refractivity contribution in [1.82, 2.24) is 0 Å². The molecule has 0 amide bonds. The zero-order valence-electron chi connectivity index (χ0n) is 12.0. The Kier molecular flexibility index (Phi) is 5.90. The van der Waals surface area contributed by atoms with E-state index in [0.717, 1.165) is 25.2 Å². The first-order valence-electron chi connectivity index (χ1n) is 6.77. The van der Waals surface area contributed by atoms with Crippen LogP contribution in [0.25, 0.3) is 0 Å². The van der Waals surface area contributed by atoms with E-state index in [1.807, 2.05) is 6.07 Å². The molecule has 2 nitrogen and oxygen atoms in total. The highest BCUT2D eigenvalue weighted by Crippen LogP contribution is 2.30. The molecule has 0 aromatic heterocycles. The quantitative estimate of drug-likeness (QED) is 0.720. The molecule has 0 N–H and O–H groups in total. The maximum absolute atomic E-state index is 11.1. The summed E-state index contributed by atoms with van der Waals surface area (Å²) < 4.78 is 5.78. The molecular formula is C16H24O2. The number of ether oxygens (including phenoxy) is 1. The van der Waals surface area contributed by atoms with E-state index in [1.54, 1.807) is 6.92 Å². The molecule has 0 spiro atoms. The maximum atomic E-state index is 11.1. The Morgan fingerprint density at radius 2 is 2.11 bits per heavy atom. The Hall–Kier alpha value is -1.31. The van der Waals surface area contributed by atoms with Crippen LogP contribution in [0.5, 0.6) is 5.75 Å². The van der Waals surface area contributed by atoms with Crippen LogP contribution in [0.1, 0.15) is 57.1 Å². The van der Waals surface area contributed by atoms with Crippen molar-refractivity contribution in [3.63, 3.8) is 0 Å². The number of benzene rings is 1. The first kappa shape index (κ1) is 14.7. The molecule has 1 aromatic rings. The summed E-state index contributed by atoms with van der Waals surface area (Å²) in [5, 5.41) is 0. The molecule has 0 heterocycles. The van der Waals surface area contributed by atoms with Crippen LogP contribution in [-0.2, 0) is 4.79 Å². The van der Waals surface area contributed by atoms with Gasteiger partial charge in [0.1, 0.15) is 11.5 Å². The van der Waals surface area contributed by atoms with Gasteiger partial charge in [0.15, 0.2) is 0 Å². The SMILES string of the molecule is CCCOc1ccc(C)cc1C(C)CCC(C)=O. The molecule has 1 atom stereocenters. The first-order valence-corrected chi connectivity index (χ1v) is 6.77. The second-order valence-electron chi connectivity index (χ2n) is 5.03. The molecular weight excluding hydrogens is 224 g/mol. The van der Waals surface area contributed by atoms with Crippen molar-refractivity contribution in [1.29, 1.82) is 0 Å². The molecule has 0 saturated carbocycles. The Morgan fingerprint density at radius 3 is 2.72 bits per heavy atom. The fraction of sp³-hybridized carbons (Fsp3) is 0.562. The van der Waals surface area contributed by atoms with Crippen molar-refractivity contribution in [2.75, 3.05) is 6.61 Å². The lowest BCUT2D eigenvalue weighted by Crippen LogP contribution is -2.04. The molecule has 1 unspecified atom stereocenters. The Morgan fingerprint density at radius 1 is 1.39 bits per heavy atom. The molecule has 0 aliphatic rings. The second kappa shape index (κ2) is 7.20. The second-order valence-corrected chi connectivity index (χ2v) is 5.03. The van der Waals surface area contributed by atoms with Gasteiger partial charge in [-0.05, 0) is 44.2 Å². The van der Waals surface area contributed by atoms with Gasteiger partial charge in [-0.1, -0.05) is 31.5 Å². The summed E-state index contributed by atoms with van der Waals surface area (Å²) in [5.74, 6) is 1.59. The third-order valence-electron chi connectivity index (χ3n) is 3.09. The van der Waals surface area contributed by atoms with Gasteiger partial charge in [0.2, 0.25) is 0 Å². The number of rotatable bonds is 7. The minimum absolute atomic E-state index is 0.255. The summed E-state index contributed by atoms with van der Waals surface area (Å²) >= 11 is 0. The van der Waals surface area contributed by atoms with Crippen LogP contribution in [0.15, 0.2) is 18.2 Å². The highest BCUT2D eigenvalue weighted by atomic mass is 16.5. The summed E-state index contributed by atoms with van der Waals surface area (Å²) in [6, 6.07) is 6.30. The van der Waals surface area contributed by atoms with Gasteiger partial charge in [-0.25, -0.2) is 0 Å². The summed E-state index contributed by atoms with van der Waals surface area (Å²) in [5.41, 5.74) is 2.47. The normalized spacial score (nSPS) is 12.2. The van der Waals surface area contributed by atoms with Gasteiger partial charge in [0.05, 0.1) is 6.61 Å². The third kappa shape index (κ3) is 4.52. The molecule has 18 heavy (non-hydrogen) atoms. The molecule has 0 aliphatic carbocycles. The van der Waals surface area contributed by atoms with Crippen molar-refractivity contribution in [3.8, 4) is 5.75 Å². The molecule has 0 bridgehead atoms. The van der Waals surface area contributed by atoms with Gasteiger partial charge < -0.3 is 9.53 Å². The lowest BCUT2D eigenvalue weighted by atomic mass is 9.93. The van der Waals surface area contributed by atoms with Crippen molar-refractivity contribution in [3.05, 3.63) is 29.3 Å². The topological polar surface area (TPSA) is 26.3 Å². The first-order chi connectivity index (χ1) is 8.54. The fourth-order valence-electron chi connectivity index (χ4n) is 1.97. The number of hydrogen-bond donors (Lipinski definition) is 0. The Bertz CT molecular complexity index is 396. The van der Waals surface area contributed by atoms with E-state index >= 15 is 0 Å². The van der Waals surface area contributed by atoms with Crippen molar-refractivity contribution in [2.24, 2.45) is 0 Å². The van der Waals surface area contributed by atoms with Crippen LogP contribution in [0.3, 0.4) is 0 Å². The highest BCUT2D eigenvalue weighted by Gasteiger charge is 2.12. The van der Waals surface area contributed by atoms with Gasteiger partial charge >= 0.3 is 0 Å². The average molecular weight is 248 g/mol. The lowest BCUT2D eigenvalue weighted by molar-refractivity contribution is -0.117. The summed E-state index contributed by atoms with van der Waals surface area (Å²) in [6.07, 6.45) is 2.54. The molecule has 0 aliphatic heterocycles. The number of aryl methyl sites for hydroxylation is 1. The van der Waals surface area contributed by atoms with Crippen LogP contribution in [0, 0.1) is 6.92 Å². The summed E-state index contributed by atoms with van der Waals surface area (Å²) in [6.45, 7) is 8.75. The maximum Gasteiger partial charge on any atom is 0.129 e. The Labute approximate surface area is 110 Å². The van der Waals surface area contributed by atoms with Crippen LogP contribution >= 0.6 is 0 Å². The van der Waals surface area contributed by atoms with E-state index in [2.05, 4.69) is 32.9 Å². The van der Waals surface area contributed by atoms with Crippen molar-refractivity contribution >= 4 is 5.78 Å². The van der Waals surface area contributed by atoms with Crippen LogP contribution in [0.2, 0.25) is 0 Å². The highest BCUT2D eigenvalue weighted by molar-refractivity contribution is 5.75. The van der Waals surface area contributed by atoms with E-state index in [-0.39, 0.29) is 5.78 Å². The van der Waals surface area contributed by atoms with Gasteiger partial charge in [-0.3, -0.25) is 0 Å². The van der Waals surface area contributed by atoms with Gasteiger partial charge in [-0.15, -0.1) is 0 Å². The minimum Gasteiger partial charge on any atom is -0.493 e. The van der Waals surface area contributed by atoms with Gasteiger partial charge in [-0.2, -0.15) is 0 Å². The molecule has 1 aromatic carbocycles. The molecule has 0 radical (unpaired) electrons. The number of ketones is 1. The minimum atomic E-state index is 0.255. The van der Waals surface area contributed by atoms with Gasteiger partial charge in [0, 0.05) is 6.42 Å². The monoisotopic (exact) mass is 248 g/mol. The molecule has 100 valence electrons. The number of hydrogen-bond acceptors (Lipinski definition) is 2.